The fourth-order valence-corrected chi connectivity index (χ4v) is 2.68. The zero-order valence-corrected chi connectivity index (χ0v) is 12.7. The number of anilines is 2. The van der Waals surface area contributed by atoms with Crippen molar-refractivity contribution < 1.29 is 14.6 Å². The number of aromatic nitrogens is 1. The van der Waals surface area contributed by atoms with Gasteiger partial charge in [0.2, 0.25) is 5.88 Å². The van der Waals surface area contributed by atoms with E-state index in [1.165, 1.54) is 13.3 Å². The molecule has 0 spiro atoms. The predicted molar refractivity (Wildman–Crippen MR) is 81.4 cm³/mol. The Bertz CT molecular complexity index is 708. The van der Waals surface area contributed by atoms with Crippen molar-refractivity contribution in [2.75, 3.05) is 17.5 Å². The van der Waals surface area contributed by atoms with E-state index >= 15 is 0 Å². The third-order valence-corrected chi connectivity index (χ3v) is 3.73. The summed E-state index contributed by atoms with van der Waals surface area (Å²) in [6.07, 6.45) is 1.53. The second-order valence-electron chi connectivity index (χ2n) is 4.52. The van der Waals surface area contributed by atoms with Gasteiger partial charge in [-0.05, 0) is 18.2 Å². The first-order valence-corrected chi connectivity index (χ1v) is 6.97. The van der Waals surface area contributed by atoms with Gasteiger partial charge in [0, 0.05) is 22.3 Å². The largest absolute Gasteiger partial charge is 0.481 e. The fourth-order valence-electron chi connectivity index (χ4n) is 2.29. The van der Waals surface area contributed by atoms with Gasteiger partial charge < -0.3 is 9.84 Å². The maximum atomic E-state index is 11.6. The van der Waals surface area contributed by atoms with Crippen LogP contribution >= 0.6 is 15.9 Å². The summed E-state index contributed by atoms with van der Waals surface area (Å²) in [6.45, 7) is 0. The highest BCUT2D eigenvalue weighted by Gasteiger charge is 2.36. The van der Waals surface area contributed by atoms with E-state index in [2.05, 4.69) is 26.3 Å². The monoisotopic (exact) mass is 349 g/mol. The van der Waals surface area contributed by atoms with Crippen LogP contribution in [0.5, 0.6) is 5.88 Å². The number of pyridine rings is 1. The smallest absolute Gasteiger partial charge is 0.333 e. The Hall–Kier alpha value is -2.28. The van der Waals surface area contributed by atoms with Gasteiger partial charge >= 0.3 is 5.97 Å². The first kappa shape index (κ1) is 13.7. The molecule has 0 fully saturated rings. The van der Waals surface area contributed by atoms with E-state index in [1.807, 2.05) is 24.3 Å². The molecular formula is C14H12BrN3O3. The molecule has 0 saturated heterocycles. The molecule has 1 aromatic heterocycles. The van der Waals surface area contributed by atoms with Gasteiger partial charge in [-0.2, -0.15) is 0 Å². The average Bonchev–Trinajstić information content (AvgIpc) is 2.85. The maximum Gasteiger partial charge on any atom is 0.333 e. The van der Waals surface area contributed by atoms with Crippen LogP contribution in [0.25, 0.3) is 0 Å². The Kier molecular flexibility index (Phi) is 3.42. The Morgan fingerprint density at radius 1 is 1.48 bits per heavy atom. The van der Waals surface area contributed by atoms with E-state index in [-0.39, 0.29) is 0 Å². The molecule has 0 aliphatic carbocycles. The number of nitrogens with one attached hydrogen (secondary N) is 1. The van der Waals surface area contributed by atoms with Crippen molar-refractivity contribution in [3.63, 3.8) is 0 Å². The van der Waals surface area contributed by atoms with Crippen LogP contribution in [0.3, 0.4) is 0 Å². The SMILES string of the molecule is COc1cc2c(cn1)C(C(=O)O)N(c1cccc(Br)c1)N2. The standard InChI is InChI=1S/C14H12BrN3O3/c1-21-12-6-11-10(7-16-12)13(14(19)20)18(17-11)9-4-2-3-8(15)5-9/h2-7,13,17H,1H3,(H,19,20). The van der Waals surface area contributed by atoms with Crippen molar-refractivity contribution in [2.45, 2.75) is 6.04 Å². The number of fused-ring (bicyclic) bond motifs is 1. The topological polar surface area (TPSA) is 74.7 Å². The van der Waals surface area contributed by atoms with Gasteiger partial charge in [-0.15, -0.1) is 0 Å². The number of hydrogen-bond acceptors (Lipinski definition) is 5. The second-order valence-corrected chi connectivity index (χ2v) is 5.43. The Morgan fingerprint density at radius 2 is 2.29 bits per heavy atom. The fraction of sp³-hybridized carbons (Fsp3) is 0.143. The van der Waals surface area contributed by atoms with E-state index in [4.69, 9.17) is 4.74 Å². The molecule has 0 radical (unpaired) electrons. The molecule has 0 saturated carbocycles. The summed E-state index contributed by atoms with van der Waals surface area (Å²) in [5.41, 5.74) is 5.11. The van der Waals surface area contributed by atoms with Crippen molar-refractivity contribution >= 4 is 33.3 Å². The second kappa shape index (κ2) is 5.25. The first-order chi connectivity index (χ1) is 10.1. The number of benzene rings is 1. The molecule has 1 aliphatic rings. The maximum absolute atomic E-state index is 11.6. The lowest BCUT2D eigenvalue weighted by Crippen LogP contribution is -2.32. The van der Waals surface area contributed by atoms with E-state index < -0.39 is 12.0 Å². The van der Waals surface area contributed by atoms with Gasteiger partial charge in [0.05, 0.1) is 18.5 Å². The molecular weight excluding hydrogens is 338 g/mol. The van der Waals surface area contributed by atoms with Crippen LogP contribution in [-0.2, 0) is 4.79 Å². The van der Waals surface area contributed by atoms with Crippen molar-refractivity contribution in [3.8, 4) is 5.88 Å². The number of nitrogens with zero attached hydrogens (tertiary/aromatic N) is 2. The van der Waals surface area contributed by atoms with E-state index in [0.29, 0.717) is 17.1 Å². The minimum absolute atomic E-state index is 0.432. The van der Waals surface area contributed by atoms with Crippen LogP contribution in [0.1, 0.15) is 11.6 Å². The molecule has 0 amide bonds. The lowest BCUT2D eigenvalue weighted by Gasteiger charge is -2.24. The minimum atomic E-state index is -0.951. The molecule has 7 heteroatoms. The number of carbonyl (C=O) groups is 1. The molecule has 108 valence electrons. The first-order valence-electron chi connectivity index (χ1n) is 6.18. The number of aliphatic carboxylic acids is 1. The van der Waals surface area contributed by atoms with Crippen molar-refractivity contribution in [3.05, 3.63) is 46.6 Å². The zero-order chi connectivity index (χ0) is 15.0. The number of halogens is 1. The highest BCUT2D eigenvalue weighted by molar-refractivity contribution is 9.10. The summed E-state index contributed by atoms with van der Waals surface area (Å²) >= 11 is 3.39. The number of hydrogen-bond donors (Lipinski definition) is 2. The van der Waals surface area contributed by atoms with Crippen molar-refractivity contribution in [2.24, 2.45) is 0 Å². The van der Waals surface area contributed by atoms with E-state index in [0.717, 1.165) is 10.2 Å². The third-order valence-electron chi connectivity index (χ3n) is 3.23. The van der Waals surface area contributed by atoms with Gasteiger partial charge in [-0.25, -0.2) is 9.78 Å². The number of hydrazine groups is 1. The van der Waals surface area contributed by atoms with Crippen LogP contribution < -0.4 is 15.2 Å². The summed E-state index contributed by atoms with van der Waals surface area (Å²) in [6, 6.07) is 8.26. The van der Waals surface area contributed by atoms with Crippen LogP contribution in [0.15, 0.2) is 41.0 Å². The Balaban J connectivity index is 2.05. The van der Waals surface area contributed by atoms with Gasteiger partial charge in [-0.1, -0.05) is 22.0 Å². The molecule has 2 aromatic rings. The highest BCUT2D eigenvalue weighted by Crippen LogP contribution is 2.39. The van der Waals surface area contributed by atoms with Crippen molar-refractivity contribution in [1.82, 2.24) is 4.98 Å². The average molecular weight is 350 g/mol. The van der Waals surface area contributed by atoms with Crippen LogP contribution in [-0.4, -0.2) is 23.2 Å². The number of rotatable bonds is 3. The normalized spacial score (nSPS) is 16.3. The molecule has 3 rings (SSSR count). The Labute approximate surface area is 129 Å². The van der Waals surface area contributed by atoms with Crippen LogP contribution in [0.4, 0.5) is 11.4 Å². The van der Waals surface area contributed by atoms with Gasteiger partial charge in [0.1, 0.15) is 0 Å². The molecule has 1 aromatic carbocycles. The highest BCUT2D eigenvalue weighted by atomic mass is 79.9. The molecule has 2 N–H and O–H groups in total. The molecule has 1 aliphatic heterocycles. The molecule has 0 bridgehead atoms. The zero-order valence-electron chi connectivity index (χ0n) is 11.1. The quantitative estimate of drug-likeness (QED) is 0.887. The molecule has 6 nitrogen and oxygen atoms in total. The summed E-state index contributed by atoms with van der Waals surface area (Å²) < 4.78 is 5.94. The van der Waals surface area contributed by atoms with Gasteiger partial charge in [-0.3, -0.25) is 10.4 Å². The molecule has 21 heavy (non-hydrogen) atoms. The number of carboxylic acids is 1. The van der Waals surface area contributed by atoms with E-state index in [9.17, 15) is 9.90 Å². The summed E-state index contributed by atoms with van der Waals surface area (Å²) in [7, 11) is 1.52. The lowest BCUT2D eigenvalue weighted by atomic mass is 10.1. The van der Waals surface area contributed by atoms with Gasteiger partial charge in [0.15, 0.2) is 6.04 Å². The summed E-state index contributed by atoms with van der Waals surface area (Å²) in [5, 5.41) is 11.1. The Morgan fingerprint density at radius 3 is 2.95 bits per heavy atom. The van der Waals surface area contributed by atoms with Crippen LogP contribution in [0, 0.1) is 0 Å². The summed E-state index contributed by atoms with van der Waals surface area (Å²) in [4.78, 5) is 15.7. The predicted octanol–water partition coefficient (Wildman–Crippen LogP) is 2.83. The van der Waals surface area contributed by atoms with Crippen molar-refractivity contribution in [1.29, 1.82) is 0 Å². The minimum Gasteiger partial charge on any atom is -0.481 e. The number of methoxy groups -OCH3 is 1. The summed E-state index contributed by atoms with van der Waals surface area (Å²) in [5.74, 6) is -0.519. The van der Waals surface area contributed by atoms with Crippen LogP contribution in [0.2, 0.25) is 0 Å². The number of carboxylic acid groups (broad SMARTS) is 1. The third kappa shape index (κ3) is 2.40. The lowest BCUT2D eigenvalue weighted by molar-refractivity contribution is -0.138. The van der Waals surface area contributed by atoms with Gasteiger partial charge in [0.25, 0.3) is 0 Å². The molecule has 2 heterocycles. The van der Waals surface area contributed by atoms with E-state index in [1.54, 1.807) is 11.1 Å². The number of ether oxygens (including phenoxy) is 1. The molecule has 1 unspecified atom stereocenters. The molecule has 1 atom stereocenters.